The topological polar surface area (TPSA) is 75.7 Å². The van der Waals surface area contributed by atoms with Crippen LogP contribution in [0.15, 0.2) is 77.7 Å². The van der Waals surface area contributed by atoms with Crippen LogP contribution in [0.1, 0.15) is 18.1 Å². The molecule has 3 aromatic rings. The predicted octanol–water partition coefficient (Wildman–Crippen LogP) is 4.74. The van der Waals surface area contributed by atoms with Crippen LogP contribution in [0.4, 0.5) is 5.69 Å². The summed E-state index contributed by atoms with van der Waals surface area (Å²) >= 11 is 6.10. The third kappa shape index (κ3) is 6.73. The highest BCUT2D eigenvalue weighted by atomic mass is 35.5. The Kier molecular flexibility index (Phi) is 8.00. The van der Waals surface area contributed by atoms with Gasteiger partial charge in [-0.2, -0.15) is 0 Å². The summed E-state index contributed by atoms with van der Waals surface area (Å²) in [7, 11) is -4.00. The van der Waals surface area contributed by atoms with Crippen LogP contribution in [-0.4, -0.2) is 33.5 Å². The number of sulfonamides is 1. The molecule has 0 bridgehead atoms. The van der Waals surface area contributed by atoms with Crippen molar-refractivity contribution in [2.45, 2.75) is 31.7 Å². The van der Waals surface area contributed by atoms with Crippen molar-refractivity contribution in [1.82, 2.24) is 5.32 Å². The molecular formula is C25H27ClN2O4S. The number of aryl methyl sites for hydroxylation is 2. The molecule has 8 heteroatoms. The van der Waals surface area contributed by atoms with Crippen LogP contribution in [0.3, 0.4) is 0 Å². The van der Waals surface area contributed by atoms with E-state index in [4.69, 9.17) is 16.3 Å². The molecule has 1 unspecified atom stereocenters. The largest absolute Gasteiger partial charge is 0.491 e. The van der Waals surface area contributed by atoms with E-state index in [1.807, 2.05) is 38.1 Å². The maximum Gasteiger partial charge on any atom is 0.264 e. The number of ether oxygens (including phenoxy) is 1. The Balaban J connectivity index is 1.74. The summed E-state index contributed by atoms with van der Waals surface area (Å²) in [5, 5.41) is 3.18. The predicted molar refractivity (Wildman–Crippen MR) is 131 cm³/mol. The first-order valence-electron chi connectivity index (χ1n) is 10.5. The maximum atomic E-state index is 13.4. The first kappa shape index (κ1) is 24.6. The highest BCUT2D eigenvalue weighted by Gasteiger charge is 2.27. The lowest BCUT2D eigenvalue weighted by atomic mass is 10.2. The Bertz CT molecular complexity index is 1200. The summed E-state index contributed by atoms with van der Waals surface area (Å²) in [5.74, 6) is 0.245. The van der Waals surface area contributed by atoms with E-state index in [9.17, 15) is 13.2 Å². The van der Waals surface area contributed by atoms with E-state index in [0.29, 0.717) is 16.5 Å². The second kappa shape index (κ2) is 10.7. The highest BCUT2D eigenvalue weighted by Crippen LogP contribution is 2.26. The molecule has 0 radical (unpaired) electrons. The standard InChI is InChI=1S/C25H27ClN2O4S/c1-18-7-11-23(12-8-18)32-17-20(3)27-25(29)16-28(22-6-4-5-21(26)15-22)33(30,31)24-13-9-19(2)10-14-24/h4-15,20H,16-17H2,1-3H3,(H,27,29). The molecule has 3 rings (SSSR count). The van der Waals surface area contributed by atoms with Crippen molar-refractivity contribution in [3.63, 3.8) is 0 Å². The molecule has 0 fully saturated rings. The fourth-order valence-electron chi connectivity index (χ4n) is 3.13. The molecule has 6 nitrogen and oxygen atoms in total. The third-order valence-corrected chi connectivity index (χ3v) is 6.94. The van der Waals surface area contributed by atoms with Crippen molar-refractivity contribution >= 4 is 33.2 Å². The second-order valence-electron chi connectivity index (χ2n) is 7.90. The summed E-state index contributed by atoms with van der Waals surface area (Å²) in [6, 6.07) is 20.2. The minimum absolute atomic E-state index is 0.0941. The van der Waals surface area contributed by atoms with Gasteiger partial charge in [0.25, 0.3) is 10.0 Å². The Morgan fingerprint density at radius 1 is 1.00 bits per heavy atom. The number of nitrogens with one attached hydrogen (secondary N) is 1. The molecule has 0 aliphatic heterocycles. The number of rotatable bonds is 9. The minimum atomic E-state index is -4.00. The van der Waals surface area contributed by atoms with Crippen LogP contribution in [0.2, 0.25) is 5.02 Å². The van der Waals surface area contributed by atoms with Gasteiger partial charge in [-0.15, -0.1) is 0 Å². The zero-order chi connectivity index (χ0) is 24.0. The third-order valence-electron chi connectivity index (χ3n) is 4.92. The number of halogens is 1. The lowest BCUT2D eigenvalue weighted by molar-refractivity contribution is -0.120. The molecule has 1 amide bonds. The Morgan fingerprint density at radius 3 is 2.21 bits per heavy atom. The van der Waals surface area contributed by atoms with Crippen molar-refractivity contribution in [3.05, 3.63) is 88.9 Å². The molecule has 0 heterocycles. The van der Waals surface area contributed by atoms with Crippen molar-refractivity contribution in [2.75, 3.05) is 17.5 Å². The van der Waals surface area contributed by atoms with Gasteiger partial charge < -0.3 is 10.1 Å². The Labute approximate surface area is 200 Å². The summed E-state index contributed by atoms with van der Waals surface area (Å²) in [5.41, 5.74) is 2.37. The number of benzene rings is 3. The molecule has 0 spiro atoms. The second-order valence-corrected chi connectivity index (χ2v) is 10.2. The molecule has 0 saturated carbocycles. The average molecular weight is 487 g/mol. The van der Waals surface area contributed by atoms with Gasteiger partial charge in [0, 0.05) is 5.02 Å². The highest BCUT2D eigenvalue weighted by molar-refractivity contribution is 7.92. The monoisotopic (exact) mass is 486 g/mol. The molecule has 0 aliphatic carbocycles. The normalized spacial score (nSPS) is 12.1. The zero-order valence-electron chi connectivity index (χ0n) is 18.8. The van der Waals surface area contributed by atoms with Crippen LogP contribution in [-0.2, 0) is 14.8 Å². The van der Waals surface area contributed by atoms with Crippen LogP contribution in [0.25, 0.3) is 0 Å². The average Bonchev–Trinajstić information content (AvgIpc) is 2.77. The van der Waals surface area contributed by atoms with E-state index < -0.39 is 22.5 Å². The van der Waals surface area contributed by atoms with E-state index in [2.05, 4.69) is 5.32 Å². The van der Waals surface area contributed by atoms with Gasteiger partial charge in [0.1, 0.15) is 18.9 Å². The summed E-state index contributed by atoms with van der Waals surface area (Å²) in [4.78, 5) is 12.9. The van der Waals surface area contributed by atoms with Crippen LogP contribution < -0.4 is 14.4 Å². The first-order chi connectivity index (χ1) is 15.6. The van der Waals surface area contributed by atoms with E-state index in [-0.39, 0.29) is 17.5 Å². The van der Waals surface area contributed by atoms with Crippen LogP contribution >= 0.6 is 11.6 Å². The lowest BCUT2D eigenvalue weighted by Crippen LogP contribution is -2.45. The van der Waals surface area contributed by atoms with Gasteiger partial charge in [-0.1, -0.05) is 53.1 Å². The van der Waals surface area contributed by atoms with E-state index in [0.717, 1.165) is 15.4 Å². The van der Waals surface area contributed by atoms with Gasteiger partial charge in [0.2, 0.25) is 5.91 Å². The number of amides is 1. The number of anilines is 1. The first-order valence-corrected chi connectivity index (χ1v) is 12.3. The van der Waals surface area contributed by atoms with E-state index in [1.165, 1.54) is 18.2 Å². The van der Waals surface area contributed by atoms with Gasteiger partial charge in [-0.25, -0.2) is 8.42 Å². The molecule has 1 N–H and O–H groups in total. The number of hydrogen-bond donors (Lipinski definition) is 1. The van der Waals surface area contributed by atoms with Crippen LogP contribution in [0.5, 0.6) is 5.75 Å². The smallest absolute Gasteiger partial charge is 0.264 e. The molecule has 0 saturated heterocycles. The quantitative estimate of drug-likeness (QED) is 0.474. The van der Waals surface area contributed by atoms with Crippen molar-refractivity contribution in [1.29, 1.82) is 0 Å². The van der Waals surface area contributed by atoms with E-state index >= 15 is 0 Å². The van der Waals surface area contributed by atoms with Gasteiger partial charge in [0.15, 0.2) is 0 Å². The van der Waals surface area contributed by atoms with Crippen molar-refractivity contribution < 1.29 is 17.9 Å². The molecule has 174 valence electrons. The fraction of sp³-hybridized carbons (Fsp3) is 0.240. The van der Waals surface area contributed by atoms with Crippen molar-refractivity contribution in [2.24, 2.45) is 0 Å². The SMILES string of the molecule is Cc1ccc(OCC(C)NC(=O)CN(c2cccc(Cl)c2)S(=O)(=O)c2ccc(C)cc2)cc1. The van der Waals surface area contributed by atoms with Gasteiger partial charge >= 0.3 is 0 Å². The number of hydrogen-bond acceptors (Lipinski definition) is 4. The fourth-order valence-corrected chi connectivity index (χ4v) is 4.73. The summed E-state index contributed by atoms with van der Waals surface area (Å²) in [6.07, 6.45) is 0. The van der Waals surface area contributed by atoms with Crippen LogP contribution in [0, 0.1) is 13.8 Å². The van der Waals surface area contributed by atoms with E-state index in [1.54, 1.807) is 37.3 Å². The van der Waals surface area contributed by atoms with Crippen molar-refractivity contribution in [3.8, 4) is 5.75 Å². The molecule has 0 aromatic heterocycles. The zero-order valence-corrected chi connectivity index (χ0v) is 20.4. The number of nitrogens with zero attached hydrogens (tertiary/aromatic N) is 1. The van der Waals surface area contributed by atoms with Gasteiger partial charge in [-0.05, 0) is 63.2 Å². The minimum Gasteiger partial charge on any atom is -0.491 e. The Hall–Kier alpha value is -3.03. The maximum absolute atomic E-state index is 13.4. The van der Waals surface area contributed by atoms with Gasteiger partial charge in [-0.3, -0.25) is 9.10 Å². The van der Waals surface area contributed by atoms with Gasteiger partial charge in [0.05, 0.1) is 16.6 Å². The molecular weight excluding hydrogens is 460 g/mol. The number of carbonyl (C=O) groups excluding carboxylic acids is 1. The Morgan fingerprint density at radius 2 is 1.61 bits per heavy atom. The molecule has 3 aromatic carbocycles. The molecule has 33 heavy (non-hydrogen) atoms. The lowest BCUT2D eigenvalue weighted by Gasteiger charge is -2.25. The number of carbonyl (C=O) groups is 1. The summed E-state index contributed by atoms with van der Waals surface area (Å²) in [6.45, 7) is 5.51. The summed E-state index contributed by atoms with van der Waals surface area (Å²) < 4.78 is 33.6. The molecule has 1 atom stereocenters. The molecule has 0 aliphatic rings.